The van der Waals surface area contributed by atoms with Gasteiger partial charge >= 0.3 is 6.18 Å². The van der Waals surface area contributed by atoms with Crippen molar-refractivity contribution in [1.82, 2.24) is 5.32 Å². The Kier molecular flexibility index (Phi) is 5.44. The highest BCUT2D eigenvalue weighted by Crippen LogP contribution is 2.37. The van der Waals surface area contributed by atoms with Crippen LogP contribution in [0.2, 0.25) is 0 Å². The summed E-state index contributed by atoms with van der Waals surface area (Å²) in [5.41, 5.74) is 5.62. The summed E-state index contributed by atoms with van der Waals surface area (Å²) in [6.07, 6.45) is -1.68. The zero-order valence-corrected chi connectivity index (χ0v) is 10.6. The number of nitrogens with one attached hydrogen (secondary N) is 1. The number of amides is 1. The van der Waals surface area contributed by atoms with Gasteiger partial charge in [-0.25, -0.2) is 0 Å². The van der Waals surface area contributed by atoms with Gasteiger partial charge in [-0.1, -0.05) is 19.8 Å². The lowest BCUT2D eigenvalue weighted by Gasteiger charge is -2.33. The van der Waals surface area contributed by atoms with Crippen LogP contribution in [0.25, 0.3) is 0 Å². The fourth-order valence-electron chi connectivity index (χ4n) is 2.34. The van der Waals surface area contributed by atoms with Crippen LogP contribution < -0.4 is 11.1 Å². The molecule has 0 spiro atoms. The van der Waals surface area contributed by atoms with Crippen molar-refractivity contribution in [3.05, 3.63) is 0 Å². The highest BCUT2D eigenvalue weighted by molar-refractivity contribution is 5.76. The molecular weight excluding hydrogens is 245 g/mol. The van der Waals surface area contributed by atoms with E-state index in [9.17, 15) is 18.0 Å². The van der Waals surface area contributed by atoms with Gasteiger partial charge in [0.1, 0.15) is 0 Å². The summed E-state index contributed by atoms with van der Waals surface area (Å²) in [7, 11) is 0. The van der Waals surface area contributed by atoms with Crippen molar-refractivity contribution in [3.8, 4) is 0 Å². The van der Waals surface area contributed by atoms with Crippen LogP contribution in [-0.4, -0.2) is 24.2 Å². The van der Waals surface area contributed by atoms with Crippen molar-refractivity contribution >= 4 is 5.91 Å². The van der Waals surface area contributed by atoms with Crippen molar-refractivity contribution < 1.29 is 18.0 Å². The first-order valence-corrected chi connectivity index (χ1v) is 6.46. The van der Waals surface area contributed by atoms with Crippen LogP contribution in [0.5, 0.6) is 0 Å². The van der Waals surface area contributed by atoms with E-state index in [0.717, 1.165) is 6.42 Å². The maximum absolute atomic E-state index is 12.8. The van der Waals surface area contributed by atoms with E-state index in [1.54, 1.807) is 0 Å². The van der Waals surface area contributed by atoms with Gasteiger partial charge in [0.2, 0.25) is 5.91 Å². The molecule has 3 N–H and O–H groups in total. The van der Waals surface area contributed by atoms with E-state index in [1.165, 1.54) is 0 Å². The Labute approximate surface area is 105 Å². The molecule has 1 aliphatic rings. The fraction of sp³-hybridized carbons (Fsp3) is 0.917. The van der Waals surface area contributed by atoms with Crippen molar-refractivity contribution in [2.75, 3.05) is 0 Å². The molecule has 3 nitrogen and oxygen atoms in total. The minimum absolute atomic E-state index is 0.0948. The molecule has 0 bridgehead atoms. The number of rotatable bonds is 4. The van der Waals surface area contributed by atoms with Gasteiger partial charge in [-0.05, 0) is 19.3 Å². The molecule has 6 heteroatoms. The van der Waals surface area contributed by atoms with Crippen molar-refractivity contribution in [2.24, 2.45) is 11.7 Å². The summed E-state index contributed by atoms with van der Waals surface area (Å²) in [6.45, 7) is 1.84. The van der Waals surface area contributed by atoms with Crippen LogP contribution in [0, 0.1) is 5.92 Å². The Morgan fingerprint density at radius 2 is 2.00 bits per heavy atom. The molecule has 0 aromatic rings. The molecule has 18 heavy (non-hydrogen) atoms. The van der Waals surface area contributed by atoms with Crippen molar-refractivity contribution in [1.29, 1.82) is 0 Å². The van der Waals surface area contributed by atoms with Crippen LogP contribution in [-0.2, 0) is 4.79 Å². The number of carbonyl (C=O) groups is 1. The molecule has 0 radical (unpaired) electrons. The smallest absolute Gasteiger partial charge is 0.353 e. The van der Waals surface area contributed by atoms with E-state index in [1.807, 2.05) is 6.92 Å². The van der Waals surface area contributed by atoms with E-state index in [2.05, 4.69) is 5.32 Å². The highest BCUT2D eigenvalue weighted by Gasteiger charge is 2.45. The molecule has 1 saturated carbocycles. The summed E-state index contributed by atoms with van der Waals surface area (Å²) in [5.74, 6) is -1.78. The second-order valence-electron chi connectivity index (χ2n) is 4.98. The van der Waals surface area contributed by atoms with Gasteiger partial charge in [0, 0.05) is 18.5 Å². The number of hydrogen-bond donors (Lipinski definition) is 2. The van der Waals surface area contributed by atoms with Crippen molar-refractivity contribution in [3.63, 3.8) is 0 Å². The number of nitrogens with two attached hydrogens (primary N) is 1. The first kappa shape index (κ1) is 15.3. The number of halogens is 3. The Balaban J connectivity index is 2.54. The van der Waals surface area contributed by atoms with Gasteiger partial charge in [-0.3, -0.25) is 4.79 Å². The third-order valence-corrected chi connectivity index (χ3v) is 3.50. The molecule has 3 atom stereocenters. The second-order valence-corrected chi connectivity index (χ2v) is 4.98. The first-order chi connectivity index (χ1) is 8.34. The van der Waals surface area contributed by atoms with E-state index >= 15 is 0 Å². The number of alkyl halides is 3. The Morgan fingerprint density at radius 3 is 2.56 bits per heavy atom. The van der Waals surface area contributed by atoms with Gasteiger partial charge in [0.25, 0.3) is 0 Å². The topological polar surface area (TPSA) is 55.1 Å². The molecule has 1 amide bonds. The second kappa shape index (κ2) is 6.41. The minimum Gasteiger partial charge on any atom is -0.353 e. The summed E-state index contributed by atoms with van der Waals surface area (Å²) in [4.78, 5) is 11.6. The lowest BCUT2D eigenvalue weighted by molar-refractivity contribution is -0.189. The molecule has 0 aromatic carbocycles. The van der Waals surface area contributed by atoms with Gasteiger partial charge in [-0.15, -0.1) is 0 Å². The molecule has 3 unspecified atom stereocenters. The summed E-state index contributed by atoms with van der Waals surface area (Å²) in [5, 5.41) is 2.50. The van der Waals surface area contributed by atoms with E-state index in [4.69, 9.17) is 5.73 Å². The molecule has 0 aliphatic heterocycles. The Bertz CT molecular complexity index is 281. The monoisotopic (exact) mass is 266 g/mol. The van der Waals surface area contributed by atoms with Crippen LogP contribution in [0.3, 0.4) is 0 Å². The zero-order valence-electron chi connectivity index (χ0n) is 10.6. The third-order valence-electron chi connectivity index (χ3n) is 3.50. The van der Waals surface area contributed by atoms with Gasteiger partial charge in [-0.2, -0.15) is 13.2 Å². The molecule has 106 valence electrons. The van der Waals surface area contributed by atoms with Gasteiger partial charge < -0.3 is 11.1 Å². The van der Waals surface area contributed by atoms with E-state index in [0.29, 0.717) is 19.3 Å². The Morgan fingerprint density at radius 1 is 1.39 bits per heavy atom. The van der Waals surface area contributed by atoms with Crippen LogP contribution in [0.4, 0.5) is 13.2 Å². The number of hydrogen-bond acceptors (Lipinski definition) is 2. The molecule has 0 heterocycles. The van der Waals surface area contributed by atoms with Crippen molar-refractivity contribution in [2.45, 2.75) is 63.7 Å². The fourth-order valence-corrected chi connectivity index (χ4v) is 2.34. The summed E-state index contributed by atoms with van der Waals surface area (Å²) >= 11 is 0. The molecular formula is C12H21F3N2O. The van der Waals surface area contributed by atoms with Crippen LogP contribution >= 0.6 is 0 Å². The zero-order chi connectivity index (χ0) is 13.8. The average Bonchev–Trinajstić information content (AvgIpc) is 2.27. The quantitative estimate of drug-likeness (QED) is 0.820. The summed E-state index contributed by atoms with van der Waals surface area (Å²) in [6, 6.07) is -1.06. The van der Waals surface area contributed by atoms with Crippen LogP contribution in [0.1, 0.15) is 45.4 Å². The normalized spacial score (nSPS) is 26.7. The van der Waals surface area contributed by atoms with Crippen LogP contribution in [0.15, 0.2) is 0 Å². The molecule has 1 fully saturated rings. The average molecular weight is 266 g/mol. The minimum atomic E-state index is -4.23. The largest absolute Gasteiger partial charge is 0.393 e. The summed E-state index contributed by atoms with van der Waals surface area (Å²) < 4.78 is 38.4. The standard InChI is InChI=1S/C12H21F3N2O/c1-2-8(16)7-11(18)17-10-6-4-3-5-9(10)12(13,14)15/h8-10H,2-7,16H2,1H3,(H,17,18). The maximum atomic E-state index is 12.8. The van der Waals surface area contributed by atoms with Gasteiger partial charge in [0.05, 0.1) is 5.92 Å². The lowest BCUT2D eigenvalue weighted by atomic mass is 9.84. The first-order valence-electron chi connectivity index (χ1n) is 6.46. The molecule has 0 aromatic heterocycles. The molecule has 1 aliphatic carbocycles. The third kappa shape index (κ3) is 4.48. The highest BCUT2D eigenvalue weighted by atomic mass is 19.4. The lowest BCUT2D eigenvalue weighted by Crippen LogP contribution is -2.48. The predicted molar refractivity (Wildman–Crippen MR) is 62.8 cm³/mol. The maximum Gasteiger partial charge on any atom is 0.393 e. The van der Waals surface area contributed by atoms with E-state index in [-0.39, 0.29) is 24.8 Å². The number of carbonyl (C=O) groups excluding carboxylic acids is 1. The van der Waals surface area contributed by atoms with E-state index < -0.39 is 18.1 Å². The molecule has 1 rings (SSSR count). The predicted octanol–water partition coefficient (Wildman–Crippen LogP) is 2.35. The molecule has 0 saturated heterocycles. The Hall–Kier alpha value is -0.780. The van der Waals surface area contributed by atoms with Gasteiger partial charge in [0.15, 0.2) is 0 Å². The SMILES string of the molecule is CCC(N)CC(=O)NC1CCCCC1C(F)(F)F.